The van der Waals surface area contributed by atoms with Crippen molar-refractivity contribution in [2.75, 3.05) is 13.7 Å². The van der Waals surface area contributed by atoms with Crippen LogP contribution in [0.25, 0.3) is 6.08 Å². The molecule has 1 aliphatic rings. The average Bonchev–Trinajstić information content (AvgIpc) is 3.25. The van der Waals surface area contributed by atoms with Crippen molar-refractivity contribution in [3.05, 3.63) is 52.3 Å². The molecule has 0 atom stereocenters. The van der Waals surface area contributed by atoms with Crippen molar-refractivity contribution in [2.24, 2.45) is 0 Å². The Morgan fingerprint density at radius 2 is 2.07 bits per heavy atom. The van der Waals surface area contributed by atoms with Crippen LogP contribution in [-0.2, 0) is 16.1 Å². The fraction of sp³-hybridized carbons (Fsp3) is 0.211. The molecule has 0 spiro atoms. The molecule has 0 saturated carbocycles. The number of ether oxygens (including phenoxy) is 2. The Labute approximate surface area is 164 Å². The first-order valence-electron chi connectivity index (χ1n) is 8.31. The van der Waals surface area contributed by atoms with Gasteiger partial charge in [0.1, 0.15) is 5.76 Å². The summed E-state index contributed by atoms with van der Waals surface area (Å²) in [7, 11) is 1.23. The lowest BCUT2D eigenvalue weighted by atomic mass is 10.2. The molecule has 2 heterocycles. The number of phenols is 1. The summed E-state index contributed by atoms with van der Waals surface area (Å²) in [6, 6.07) is 7.58. The van der Waals surface area contributed by atoms with Gasteiger partial charge in [-0.25, -0.2) is 4.79 Å². The van der Waals surface area contributed by atoms with Crippen molar-refractivity contribution in [3.63, 3.8) is 0 Å². The zero-order valence-corrected chi connectivity index (χ0v) is 15.9. The smallest absolute Gasteiger partial charge is 0.373 e. The van der Waals surface area contributed by atoms with E-state index in [4.69, 9.17) is 9.15 Å². The van der Waals surface area contributed by atoms with Gasteiger partial charge in [-0.1, -0.05) is 6.07 Å². The highest BCUT2D eigenvalue weighted by molar-refractivity contribution is 8.18. The van der Waals surface area contributed by atoms with Crippen LogP contribution in [0, 0.1) is 0 Å². The van der Waals surface area contributed by atoms with Gasteiger partial charge in [-0.3, -0.25) is 14.5 Å². The monoisotopic (exact) mass is 403 g/mol. The van der Waals surface area contributed by atoms with Crippen molar-refractivity contribution < 1.29 is 33.4 Å². The van der Waals surface area contributed by atoms with Crippen molar-refractivity contribution in [3.8, 4) is 11.5 Å². The molecule has 3 rings (SSSR count). The van der Waals surface area contributed by atoms with E-state index >= 15 is 0 Å². The summed E-state index contributed by atoms with van der Waals surface area (Å²) in [4.78, 5) is 37.5. The third kappa shape index (κ3) is 4.04. The molecule has 9 heteroatoms. The van der Waals surface area contributed by atoms with E-state index in [1.165, 1.54) is 25.3 Å². The summed E-state index contributed by atoms with van der Waals surface area (Å²) in [6.45, 7) is 2.07. The molecule has 2 aromatic rings. The highest BCUT2D eigenvalue weighted by atomic mass is 32.2. The number of methoxy groups -OCH3 is 1. The highest BCUT2D eigenvalue weighted by Gasteiger charge is 2.35. The third-order valence-electron chi connectivity index (χ3n) is 3.82. The van der Waals surface area contributed by atoms with E-state index in [0.29, 0.717) is 17.9 Å². The first-order chi connectivity index (χ1) is 13.4. The molecule has 1 fully saturated rings. The maximum absolute atomic E-state index is 12.6. The molecule has 0 radical (unpaired) electrons. The standard InChI is InChI=1S/C19H17NO7S/c1-3-26-15-8-11(4-6-13(15)21)9-16-17(22)20(19(24)28-16)10-12-5-7-14(27-12)18(23)25-2/h4-9,21H,3,10H2,1-2H3. The van der Waals surface area contributed by atoms with Crippen LogP contribution in [0.3, 0.4) is 0 Å². The van der Waals surface area contributed by atoms with E-state index in [9.17, 15) is 19.5 Å². The third-order valence-corrected chi connectivity index (χ3v) is 4.72. The zero-order valence-electron chi connectivity index (χ0n) is 15.1. The zero-order chi connectivity index (χ0) is 20.3. The van der Waals surface area contributed by atoms with Crippen LogP contribution in [0.2, 0.25) is 0 Å². The molecular formula is C19H17NO7S. The molecule has 1 N–H and O–H groups in total. The maximum atomic E-state index is 12.6. The van der Waals surface area contributed by atoms with Crippen molar-refractivity contribution in [1.82, 2.24) is 4.90 Å². The summed E-state index contributed by atoms with van der Waals surface area (Å²) in [6.07, 6.45) is 1.55. The van der Waals surface area contributed by atoms with E-state index in [0.717, 1.165) is 16.7 Å². The normalized spacial score (nSPS) is 15.4. The molecule has 0 unspecified atom stereocenters. The van der Waals surface area contributed by atoms with Gasteiger partial charge in [0.05, 0.1) is 25.2 Å². The minimum absolute atomic E-state index is 0.00689. The van der Waals surface area contributed by atoms with Gasteiger partial charge in [-0.2, -0.15) is 0 Å². The van der Waals surface area contributed by atoms with Gasteiger partial charge < -0.3 is 19.0 Å². The molecular weight excluding hydrogens is 386 g/mol. The predicted molar refractivity (Wildman–Crippen MR) is 101 cm³/mol. The fourth-order valence-corrected chi connectivity index (χ4v) is 3.35. The summed E-state index contributed by atoms with van der Waals surface area (Å²) >= 11 is 0.799. The number of esters is 1. The van der Waals surface area contributed by atoms with Crippen LogP contribution in [0.5, 0.6) is 11.5 Å². The minimum atomic E-state index is -0.641. The van der Waals surface area contributed by atoms with Gasteiger partial charge in [-0.05, 0) is 54.6 Å². The molecule has 1 aromatic heterocycles. The van der Waals surface area contributed by atoms with Gasteiger partial charge in [0.25, 0.3) is 11.1 Å². The lowest BCUT2D eigenvalue weighted by Crippen LogP contribution is -2.27. The first-order valence-corrected chi connectivity index (χ1v) is 9.12. The number of amides is 2. The summed E-state index contributed by atoms with van der Waals surface area (Å²) in [5.41, 5.74) is 0.609. The van der Waals surface area contributed by atoms with Gasteiger partial charge in [-0.15, -0.1) is 0 Å². The quantitative estimate of drug-likeness (QED) is 0.578. The first kappa shape index (κ1) is 19.6. The van der Waals surface area contributed by atoms with Crippen molar-refractivity contribution in [2.45, 2.75) is 13.5 Å². The largest absolute Gasteiger partial charge is 0.504 e. The second-order valence-electron chi connectivity index (χ2n) is 5.69. The fourth-order valence-electron chi connectivity index (χ4n) is 2.51. The number of phenolic OH excluding ortho intramolecular Hbond substituents is 1. The molecule has 1 aliphatic heterocycles. The molecule has 0 bridgehead atoms. The van der Waals surface area contributed by atoms with Crippen LogP contribution in [0.4, 0.5) is 4.79 Å². The second kappa shape index (κ2) is 8.22. The molecule has 1 aromatic carbocycles. The predicted octanol–water partition coefficient (Wildman–Crippen LogP) is 3.41. The van der Waals surface area contributed by atoms with Crippen LogP contribution in [-0.4, -0.2) is 40.8 Å². The van der Waals surface area contributed by atoms with E-state index in [-0.39, 0.29) is 28.7 Å². The Hall–Kier alpha value is -3.20. The van der Waals surface area contributed by atoms with Crippen LogP contribution < -0.4 is 4.74 Å². The van der Waals surface area contributed by atoms with Gasteiger partial charge in [0.15, 0.2) is 11.5 Å². The molecule has 146 valence electrons. The number of hydrogen-bond acceptors (Lipinski definition) is 8. The van der Waals surface area contributed by atoms with E-state index in [1.54, 1.807) is 25.1 Å². The summed E-state index contributed by atoms with van der Waals surface area (Å²) in [5.74, 6) is -0.553. The van der Waals surface area contributed by atoms with E-state index in [1.807, 2.05) is 0 Å². The van der Waals surface area contributed by atoms with Gasteiger partial charge in [0, 0.05) is 0 Å². The molecule has 28 heavy (non-hydrogen) atoms. The van der Waals surface area contributed by atoms with Gasteiger partial charge >= 0.3 is 5.97 Å². The second-order valence-corrected chi connectivity index (χ2v) is 6.68. The highest BCUT2D eigenvalue weighted by Crippen LogP contribution is 2.35. The van der Waals surface area contributed by atoms with Crippen LogP contribution in [0.15, 0.2) is 39.7 Å². The number of thioether (sulfide) groups is 1. The topological polar surface area (TPSA) is 106 Å². The number of carbonyl (C=O) groups is 3. The number of aromatic hydroxyl groups is 1. The Morgan fingerprint density at radius 1 is 1.29 bits per heavy atom. The van der Waals surface area contributed by atoms with Crippen LogP contribution in [0.1, 0.15) is 28.8 Å². The summed E-state index contributed by atoms with van der Waals surface area (Å²) < 4.78 is 15.2. The Kier molecular flexibility index (Phi) is 5.74. The van der Waals surface area contributed by atoms with E-state index < -0.39 is 17.1 Å². The summed E-state index contributed by atoms with van der Waals surface area (Å²) in [5, 5.41) is 9.31. The number of hydrogen-bond donors (Lipinski definition) is 1. The molecule has 2 amide bonds. The number of benzene rings is 1. The van der Waals surface area contributed by atoms with Gasteiger partial charge in [0.2, 0.25) is 5.76 Å². The maximum Gasteiger partial charge on any atom is 0.373 e. The van der Waals surface area contributed by atoms with Crippen molar-refractivity contribution >= 4 is 35.0 Å². The Morgan fingerprint density at radius 3 is 2.79 bits per heavy atom. The van der Waals surface area contributed by atoms with E-state index in [2.05, 4.69) is 4.74 Å². The number of imide groups is 1. The number of furan rings is 1. The Balaban J connectivity index is 1.78. The lowest BCUT2D eigenvalue weighted by molar-refractivity contribution is -0.123. The SMILES string of the molecule is CCOc1cc(C=C2SC(=O)N(Cc3ccc(C(=O)OC)o3)C2=O)ccc1O. The molecule has 1 saturated heterocycles. The number of nitrogens with zero attached hydrogens (tertiary/aromatic N) is 1. The minimum Gasteiger partial charge on any atom is -0.504 e. The average molecular weight is 403 g/mol. The molecule has 0 aliphatic carbocycles. The Bertz CT molecular complexity index is 963. The number of rotatable bonds is 6. The van der Waals surface area contributed by atoms with Crippen LogP contribution >= 0.6 is 11.8 Å². The number of carbonyl (C=O) groups excluding carboxylic acids is 3. The lowest BCUT2D eigenvalue weighted by Gasteiger charge is -2.10. The molecule has 8 nitrogen and oxygen atoms in total. The van der Waals surface area contributed by atoms with Crippen molar-refractivity contribution in [1.29, 1.82) is 0 Å².